The lowest BCUT2D eigenvalue weighted by Gasteiger charge is -2.18. The van der Waals surface area contributed by atoms with Gasteiger partial charge in [0.1, 0.15) is 18.1 Å². The molecule has 0 unspecified atom stereocenters. The maximum absolute atomic E-state index is 12.8. The van der Waals surface area contributed by atoms with E-state index in [2.05, 4.69) is 5.16 Å². The molecule has 3 rings (SSSR count). The Morgan fingerprint density at radius 2 is 1.96 bits per heavy atom. The van der Waals surface area contributed by atoms with Crippen LogP contribution in [0.25, 0.3) is 0 Å². The van der Waals surface area contributed by atoms with Crippen LogP contribution in [0.4, 0.5) is 0 Å². The van der Waals surface area contributed by atoms with Crippen LogP contribution in [-0.4, -0.2) is 23.0 Å². The van der Waals surface area contributed by atoms with Crippen molar-refractivity contribution in [3.63, 3.8) is 0 Å². The normalized spacial score (nSPS) is 10.8. The van der Waals surface area contributed by atoms with Crippen LogP contribution in [0.15, 0.2) is 47.0 Å². The highest BCUT2D eigenvalue weighted by Crippen LogP contribution is 2.23. The number of hydrogen-bond donors (Lipinski definition) is 0. The first-order chi connectivity index (χ1) is 13.3. The monoisotopic (exact) mass is 418 g/mol. The van der Waals surface area contributed by atoms with Crippen molar-refractivity contribution in [2.75, 3.05) is 7.05 Å². The standard InChI is InChI=1S/C21H20Cl2N2O3/c1-13-19(14(2)28-24-13)12-27-18-6-4-5-15(9-18)21(26)25(3)11-16-7-8-17(22)10-20(16)23/h4-10H,11-12H2,1-3H3. The lowest BCUT2D eigenvalue weighted by atomic mass is 10.1. The topological polar surface area (TPSA) is 55.6 Å². The molecule has 0 radical (unpaired) electrons. The summed E-state index contributed by atoms with van der Waals surface area (Å²) in [6, 6.07) is 12.3. The Labute approximate surface area is 173 Å². The molecule has 0 aliphatic heterocycles. The van der Waals surface area contributed by atoms with Gasteiger partial charge in [-0.1, -0.05) is 40.5 Å². The number of nitrogens with zero attached hydrogens (tertiary/aromatic N) is 2. The van der Waals surface area contributed by atoms with Gasteiger partial charge in [0.2, 0.25) is 0 Å². The molecule has 146 valence electrons. The van der Waals surface area contributed by atoms with Crippen LogP contribution in [0.2, 0.25) is 10.0 Å². The van der Waals surface area contributed by atoms with Gasteiger partial charge in [-0.3, -0.25) is 4.79 Å². The summed E-state index contributed by atoms with van der Waals surface area (Å²) in [7, 11) is 1.73. The summed E-state index contributed by atoms with van der Waals surface area (Å²) in [5.41, 5.74) is 3.06. The third-order valence-corrected chi connectivity index (χ3v) is 5.00. The quantitative estimate of drug-likeness (QED) is 0.533. The fourth-order valence-corrected chi connectivity index (χ4v) is 3.25. The van der Waals surface area contributed by atoms with Crippen LogP contribution in [0.3, 0.4) is 0 Å². The van der Waals surface area contributed by atoms with Crippen molar-refractivity contribution in [3.8, 4) is 5.75 Å². The minimum absolute atomic E-state index is 0.131. The molecule has 0 atom stereocenters. The molecular weight excluding hydrogens is 399 g/mol. The summed E-state index contributed by atoms with van der Waals surface area (Å²) >= 11 is 12.1. The third kappa shape index (κ3) is 4.66. The number of amides is 1. The van der Waals surface area contributed by atoms with Gasteiger partial charge in [-0.15, -0.1) is 0 Å². The Hall–Kier alpha value is -2.50. The zero-order valence-corrected chi connectivity index (χ0v) is 17.3. The number of halogens is 2. The highest BCUT2D eigenvalue weighted by Gasteiger charge is 2.15. The van der Waals surface area contributed by atoms with E-state index in [9.17, 15) is 4.79 Å². The van der Waals surface area contributed by atoms with E-state index in [1.165, 1.54) is 0 Å². The molecule has 7 heteroatoms. The van der Waals surface area contributed by atoms with Crippen molar-refractivity contribution in [2.45, 2.75) is 27.0 Å². The Kier molecular flexibility index (Phi) is 6.27. The molecule has 3 aromatic rings. The summed E-state index contributed by atoms with van der Waals surface area (Å²) in [4.78, 5) is 14.4. The largest absolute Gasteiger partial charge is 0.489 e. The highest BCUT2D eigenvalue weighted by molar-refractivity contribution is 6.35. The molecule has 0 fully saturated rings. The van der Waals surface area contributed by atoms with E-state index in [0.29, 0.717) is 34.5 Å². The molecule has 0 spiro atoms. The highest BCUT2D eigenvalue weighted by atomic mass is 35.5. The van der Waals surface area contributed by atoms with Gasteiger partial charge < -0.3 is 14.2 Å². The number of aromatic nitrogens is 1. The Bertz CT molecular complexity index is 982. The first-order valence-electron chi connectivity index (χ1n) is 8.69. The maximum atomic E-state index is 12.8. The number of hydrogen-bond acceptors (Lipinski definition) is 4. The predicted octanol–water partition coefficient (Wildman–Crippen LogP) is 5.45. The molecule has 2 aromatic carbocycles. The zero-order valence-electron chi connectivity index (χ0n) is 15.8. The van der Waals surface area contributed by atoms with E-state index in [4.69, 9.17) is 32.5 Å². The van der Waals surface area contributed by atoms with Crippen LogP contribution in [0, 0.1) is 13.8 Å². The molecule has 0 saturated carbocycles. The molecule has 0 aliphatic carbocycles. The van der Waals surface area contributed by atoms with Gasteiger partial charge in [0.15, 0.2) is 0 Å². The van der Waals surface area contributed by atoms with E-state index in [1.54, 1.807) is 42.3 Å². The number of carbonyl (C=O) groups is 1. The van der Waals surface area contributed by atoms with Gasteiger partial charge >= 0.3 is 0 Å². The first-order valence-corrected chi connectivity index (χ1v) is 9.44. The van der Waals surface area contributed by atoms with Crippen molar-refractivity contribution < 1.29 is 14.1 Å². The summed E-state index contributed by atoms with van der Waals surface area (Å²) in [6.45, 7) is 4.41. The number of aryl methyl sites for hydroxylation is 2. The SMILES string of the molecule is Cc1noc(C)c1COc1cccc(C(=O)N(C)Cc2ccc(Cl)cc2Cl)c1. The fourth-order valence-electron chi connectivity index (χ4n) is 2.78. The summed E-state index contributed by atoms with van der Waals surface area (Å²) in [5.74, 6) is 1.20. The van der Waals surface area contributed by atoms with Crippen LogP contribution in [0.5, 0.6) is 5.75 Å². The lowest BCUT2D eigenvalue weighted by molar-refractivity contribution is 0.0784. The van der Waals surface area contributed by atoms with E-state index in [0.717, 1.165) is 22.6 Å². The van der Waals surface area contributed by atoms with Gasteiger partial charge in [0.25, 0.3) is 5.91 Å². The summed E-state index contributed by atoms with van der Waals surface area (Å²) in [6.07, 6.45) is 0. The lowest BCUT2D eigenvalue weighted by Crippen LogP contribution is -2.26. The van der Waals surface area contributed by atoms with E-state index >= 15 is 0 Å². The molecule has 28 heavy (non-hydrogen) atoms. The van der Waals surface area contributed by atoms with E-state index in [1.807, 2.05) is 26.0 Å². The molecule has 1 aromatic heterocycles. The average molecular weight is 419 g/mol. The smallest absolute Gasteiger partial charge is 0.254 e. The Balaban J connectivity index is 1.69. The second kappa shape index (κ2) is 8.67. The van der Waals surface area contributed by atoms with Crippen LogP contribution in [0.1, 0.15) is 32.9 Å². The van der Waals surface area contributed by atoms with Crippen molar-refractivity contribution >= 4 is 29.1 Å². The molecule has 0 bridgehead atoms. The maximum Gasteiger partial charge on any atom is 0.254 e. The number of ether oxygens (including phenoxy) is 1. The fraction of sp³-hybridized carbons (Fsp3) is 0.238. The van der Waals surface area contributed by atoms with E-state index < -0.39 is 0 Å². The van der Waals surface area contributed by atoms with Gasteiger partial charge in [-0.05, 0) is 49.7 Å². The summed E-state index contributed by atoms with van der Waals surface area (Å²) in [5, 5.41) is 5.01. The molecule has 0 N–H and O–H groups in total. The van der Waals surface area contributed by atoms with Gasteiger partial charge in [0.05, 0.1) is 11.3 Å². The van der Waals surface area contributed by atoms with Crippen LogP contribution >= 0.6 is 23.2 Å². The number of rotatable bonds is 6. The minimum Gasteiger partial charge on any atom is -0.489 e. The Morgan fingerprint density at radius 1 is 1.18 bits per heavy atom. The second-order valence-corrected chi connectivity index (χ2v) is 7.36. The van der Waals surface area contributed by atoms with Crippen LogP contribution < -0.4 is 4.74 Å². The second-order valence-electron chi connectivity index (χ2n) is 6.52. The van der Waals surface area contributed by atoms with Crippen molar-refractivity contribution in [1.82, 2.24) is 10.1 Å². The van der Waals surface area contributed by atoms with Gasteiger partial charge in [0, 0.05) is 29.2 Å². The van der Waals surface area contributed by atoms with E-state index in [-0.39, 0.29) is 5.91 Å². The third-order valence-electron chi connectivity index (χ3n) is 4.41. The molecule has 5 nitrogen and oxygen atoms in total. The van der Waals surface area contributed by atoms with Gasteiger partial charge in [-0.25, -0.2) is 0 Å². The molecule has 0 aliphatic rings. The van der Waals surface area contributed by atoms with Crippen molar-refractivity contribution in [2.24, 2.45) is 0 Å². The molecular formula is C21H20Cl2N2O3. The number of benzene rings is 2. The minimum atomic E-state index is -0.131. The van der Waals surface area contributed by atoms with Gasteiger partial charge in [-0.2, -0.15) is 0 Å². The number of carbonyl (C=O) groups excluding carboxylic acids is 1. The molecule has 1 heterocycles. The van der Waals surface area contributed by atoms with Crippen molar-refractivity contribution in [1.29, 1.82) is 0 Å². The van der Waals surface area contributed by atoms with Crippen LogP contribution in [-0.2, 0) is 13.2 Å². The predicted molar refractivity (Wildman–Crippen MR) is 109 cm³/mol. The summed E-state index contributed by atoms with van der Waals surface area (Å²) < 4.78 is 11.0. The van der Waals surface area contributed by atoms with Crippen molar-refractivity contribution in [3.05, 3.63) is 80.7 Å². The molecule has 0 saturated heterocycles. The first kappa shape index (κ1) is 20.2. The zero-order chi connectivity index (χ0) is 20.3. The molecule has 1 amide bonds. The Morgan fingerprint density at radius 3 is 2.64 bits per heavy atom. The average Bonchev–Trinajstić information content (AvgIpc) is 2.99.